The van der Waals surface area contributed by atoms with Gasteiger partial charge in [0, 0.05) is 6.42 Å². The van der Waals surface area contributed by atoms with Crippen molar-refractivity contribution in [1.82, 2.24) is 0 Å². The fourth-order valence-corrected chi connectivity index (χ4v) is 1.33. The highest BCUT2D eigenvalue weighted by Crippen LogP contribution is 2.22. The highest BCUT2D eigenvalue weighted by atomic mass is 19.1. The van der Waals surface area contributed by atoms with Gasteiger partial charge in [-0.3, -0.25) is 4.79 Å². The van der Waals surface area contributed by atoms with Crippen molar-refractivity contribution in [1.29, 1.82) is 0 Å². The number of aromatic hydroxyl groups is 1. The van der Waals surface area contributed by atoms with Crippen molar-refractivity contribution in [3.63, 3.8) is 0 Å². The molecule has 0 bridgehead atoms. The van der Waals surface area contributed by atoms with Crippen LogP contribution in [0.5, 0.6) is 5.75 Å². The molecule has 0 saturated carbocycles. The molecule has 1 aromatic carbocycles. The third-order valence-corrected chi connectivity index (χ3v) is 2.20. The van der Waals surface area contributed by atoms with Crippen LogP contribution < -0.4 is 0 Å². The van der Waals surface area contributed by atoms with Crippen LogP contribution in [-0.4, -0.2) is 16.2 Å². The topological polar surface area (TPSA) is 57.5 Å². The van der Waals surface area contributed by atoms with Crippen LogP contribution in [0.25, 0.3) is 0 Å². The Bertz CT molecular complexity index is 374. The van der Waals surface area contributed by atoms with Crippen molar-refractivity contribution in [2.45, 2.75) is 26.2 Å². The van der Waals surface area contributed by atoms with Gasteiger partial charge >= 0.3 is 5.97 Å². The standard InChI is InChI=1S/C11H13FO3/c1-7-5-9(12)8(6-10(7)13)3-2-4-11(14)15/h5-6,13H,2-4H2,1H3,(H,14,15). The lowest BCUT2D eigenvalue weighted by Gasteiger charge is -2.05. The minimum atomic E-state index is -0.897. The van der Waals surface area contributed by atoms with Crippen LogP contribution in [0.1, 0.15) is 24.0 Å². The van der Waals surface area contributed by atoms with E-state index in [9.17, 15) is 14.3 Å². The molecule has 0 unspecified atom stereocenters. The minimum Gasteiger partial charge on any atom is -0.508 e. The smallest absolute Gasteiger partial charge is 0.303 e. The van der Waals surface area contributed by atoms with E-state index in [4.69, 9.17) is 5.11 Å². The molecule has 1 aromatic rings. The largest absolute Gasteiger partial charge is 0.508 e. The van der Waals surface area contributed by atoms with E-state index in [0.29, 0.717) is 24.0 Å². The molecule has 2 N–H and O–H groups in total. The molecular formula is C11H13FO3. The highest BCUT2D eigenvalue weighted by molar-refractivity contribution is 5.66. The first-order valence-corrected chi connectivity index (χ1v) is 4.70. The Morgan fingerprint density at radius 1 is 1.47 bits per heavy atom. The molecule has 0 radical (unpaired) electrons. The van der Waals surface area contributed by atoms with Gasteiger partial charge in [0.1, 0.15) is 11.6 Å². The average Bonchev–Trinajstić information content (AvgIpc) is 2.13. The van der Waals surface area contributed by atoms with Crippen molar-refractivity contribution in [3.8, 4) is 5.75 Å². The quantitative estimate of drug-likeness (QED) is 0.804. The number of phenols is 1. The average molecular weight is 212 g/mol. The molecule has 0 aromatic heterocycles. The molecule has 0 aliphatic rings. The first kappa shape index (κ1) is 11.5. The van der Waals surface area contributed by atoms with Crippen molar-refractivity contribution in [2.24, 2.45) is 0 Å². The number of carbonyl (C=O) groups is 1. The zero-order chi connectivity index (χ0) is 11.4. The van der Waals surface area contributed by atoms with E-state index in [1.807, 2.05) is 0 Å². The molecule has 0 heterocycles. The molecule has 0 atom stereocenters. The van der Waals surface area contributed by atoms with Gasteiger partial charge in [-0.2, -0.15) is 0 Å². The van der Waals surface area contributed by atoms with Gasteiger partial charge in [-0.15, -0.1) is 0 Å². The lowest BCUT2D eigenvalue weighted by Crippen LogP contribution is -1.98. The number of hydrogen-bond acceptors (Lipinski definition) is 2. The summed E-state index contributed by atoms with van der Waals surface area (Å²) in [5, 5.41) is 17.8. The van der Waals surface area contributed by atoms with E-state index in [-0.39, 0.29) is 12.2 Å². The summed E-state index contributed by atoms with van der Waals surface area (Å²) < 4.78 is 13.3. The second-order valence-corrected chi connectivity index (χ2v) is 3.48. The van der Waals surface area contributed by atoms with Crippen LogP contribution in [-0.2, 0) is 11.2 Å². The summed E-state index contributed by atoms with van der Waals surface area (Å²) in [7, 11) is 0. The van der Waals surface area contributed by atoms with E-state index in [0.717, 1.165) is 0 Å². The first-order chi connectivity index (χ1) is 7.00. The molecule has 0 amide bonds. The molecule has 15 heavy (non-hydrogen) atoms. The Balaban J connectivity index is 2.69. The van der Waals surface area contributed by atoms with Gasteiger partial charge in [0.15, 0.2) is 0 Å². The summed E-state index contributed by atoms with van der Waals surface area (Å²) in [5.41, 5.74) is 0.842. The predicted octanol–water partition coefficient (Wildman–Crippen LogP) is 2.25. The summed E-state index contributed by atoms with van der Waals surface area (Å²) >= 11 is 0. The summed E-state index contributed by atoms with van der Waals surface area (Å²) in [5.74, 6) is -1.25. The number of phenolic OH excluding ortho intramolecular Hbond substituents is 1. The number of aryl methyl sites for hydroxylation is 2. The minimum absolute atomic E-state index is 0.00801. The van der Waals surface area contributed by atoms with Gasteiger partial charge in [0.05, 0.1) is 0 Å². The lowest BCUT2D eigenvalue weighted by atomic mass is 10.0. The Kier molecular flexibility index (Phi) is 3.66. The van der Waals surface area contributed by atoms with Crippen LogP contribution in [0, 0.1) is 12.7 Å². The molecule has 3 nitrogen and oxygen atoms in total. The van der Waals surface area contributed by atoms with Crippen molar-refractivity contribution >= 4 is 5.97 Å². The number of carboxylic acids is 1. The molecule has 0 aliphatic heterocycles. The van der Waals surface area contributed by atoms with Crippen molar-refractivity contribution in [2.75, 3.05) is 0 Å². The molecule has 0 spiro atoms. The first-order valence-electron chi connectivity index (χ1n) is 4.70. The van der Waals surface area contributed by atoms with Crippen LogP contribution in [0.15, 0.2) is 12.1 Å². The summed E-state index contributed by atoms with van der Waals surface area (Å²) in [6.07, 6.45) is 0.703. The SMILES string of the molecule is Cc1cc(F)c(CCCC(=O)O)cc1O. The van der Waals surface area contributed by atoms with Gasteiger partial charge in [0.2, 0.25) is 0 Å². The number of carboxylic acid groups (broad SMARTS) is 1. The van der Waals surface area contributed by atoms with Gasteiger partial charge in [-0.1, -0.05) is 0 Å². The number of rotatable bonds is 4. The fourth-order valence-electron chi connectivity index (χ4n) is 1.33. The third kappa shape index (κ3) is 3.23. The Morgan fingerprint density at radius 2 is 2.13 bits per heavy atom. The monoisotopic (exact) mass is 212 g/mol. The predicted molar refractivity (Wildman–Crippen MR) is 53.4 cm³/mol. The second-order valence-electron chi connectivity index (χ2n) is 3.48. The van der Waals surface area contributed by atoms with Crippen LogP contribution >= 0.6 is 0 Å². The molecule has 1 rings (SSSR count). The Morgan fingerprint density at radius 3 is 2.73 bits per heavy atom. The van der Waals surface area contributed by atoms with E-state index >= 15 is 0 Å². The summed E-state index contributed by atoms with van der Waals surface area (Å²) in [6.45, 7) is 1.61. The van der Waals surface area contributed by atoms with Crippen molar-refractivity contribution < 1.29 is 19.4 Å². The zero-order valence-electron chi connectivity index (χ0n) is 8.46. The molecule has 4 heteroatoms. The maximum absolute atomic E-state index is 13.3. The van der Waals surface area contributed by atoms with Crippen molar-refractivity contribution in [3.05, 3.63) is 29.1 Å². The molecule has 0 fully saturated rings. The van der Waals surface area contributed by atoms with Crippen LogP contribution in [0.2, 0.25) is 0 Å². The number of aliphatic carboxylic acids is 1. The lowest BCUT2D eigenvalue weighted by molar-refractivity contribution is -0.137. The van der Waals surface area contributed by atoms with E-state index in [2.05, 4.69) is 0 Å². The molecular weight excluding hydrogens is 199 g/mol. The third-order valence-electron chi connectivity index (χ3n) is 2.20. The Labute approximate surface area is 87.2 Å². The van der Waals surface area contributed by atoms with Gasteiger partial charge in [-0.05, 0) is 43.0 Å². The summed E-state index contributed by atoms with van der Waals surface area (Å²) in [4.78, 5) is 10.3. The maximum Gasteiger partial charge on any atom is 0.303 e. The summed E-state index contributed by atoms with van der Waals surface area (Å²) in [6, 6.07) is 2.61. The maximum atomic E-state index is 13.3. The van der Waals surface area contributed by atoms with Gasteiger partial charge < -0.3 is 10.2 Å². The Hall–Kier alpha value is -1.58. The van der Waals surface area contributed by atoms with Gasteiger partial charge in [0.25, 0.3) is 0 Å². The van der Waals surface area contributed by atoms with Crippen LogP contribution in [0.3, 0.4) is 0 Å². The molecule has 0 saturated heterocycles. The van der Waals surface area contributed by atoms with E-state index in [1.165, 1.54) is 12.1 Å². The molecule has 82 valence electrons. The van der Waals surface area contributed by atoms with Gasteiger partial charge in [-0.25, -0.2) is 4.39 Å². The normalized spacial score (nSPS) is 10.3. The zero-order valence-corrected chi connectivity index (χ0v) is 8.46. The fraction of sp³-hybridized carbons (Fsp3) is 0.364. The van der Waals surface area contributed by atoms with E-state index < -0.39 is 11.8 Å². The van der Waals surface area contributed by atoms with Crippen LogP contribution in [0.4, 0.5) is 4.39 Å². The highest BCUT2D eigenvalue weighted by Gasteiger charge is 2.07. The number of halogens is 1. The molecule has 0 aliphatic carbocycles. The second kappa shape index (κ2) is 4.77. The number of benzene rings is 1. The van der Waals surface area contributed by atoms with E-state index in [1.54, 1.807) is 6.92 Å². The number of hydrogen-bond donors (Lipinski definition) is 2.